The van der Waals surface area contributed by atoms with E-state index in [-0.39, 0.29) is 11.9 Å². The predicted molar refractivity (Wildman–Crippen MR) is 147 cm³/mol. The number of rotatable bonds is 6. The van der Waals surface area contributed by atoms with Crippen molar-refractivity contribution >= 4 is 16.9 Å². The monoisotopic (exact) mass is 497 g/mol. The minimum absolute atomic E-state index is 0.0623. The molecule has 3 aromatic carbocycles. The molecular formula is C31H35N3O3. The van der Waals surface area contributed by atoms with Crippen LogP contribution in [0.2, 0.25) is 0 Å². The highest BCUT2D eigenvalue weighted by Gasteiger charge is 2.34. The number of imidazole rings is 1. The second kappa shape index (κ2) is 10.3. The number of carbonyl (C=O) groups excluding carboxylic acids is 1. The maximum atomic E-state index is 14.1. The predicted octanol–water partition coefficient (Wildman–Crippen LogP) is 6.73. The molecule has 37 heavy (non-hydrogen) atoms. The fraction of sp³-hybridized carbons (Fsp3) is 0.355. The SMILES string of the molecule is CCOc1cc(C)c(C(=O)N2CCCCC2c2nc3cc(C)ccc3n2-c2ccc(OC)cc2)c(C)c1. The summed E-state index contributed by atoms with van der Waals surface area (Å²) in [7, 11) is 1.67. The number of fused-ring (bicyclic) bond motifs is 1. The zero-order chi connectivity index (χ0) is 26.1. The number of ether oxygens (including phenoxy) is 2. The van der Waals surface area contributed by atoms with E-state index in [9.17, 15) is 4.79 Å². The molecule has 1 aliphatic rings. The first-order chi connectivity index (χ1) is 17.9. The van der Waals surface area contributed by atoms with Crippen LogP contribution in [0.5, 0.6) is 11.5 Å². The van der Waals surface area contributed by atoms with Crippen LogP contribution in [0.1, 0.15) is 65.1 Å². The molecule has 1 aromatic heterocycles. The first kappa shape index (κ1) is 24.9. The van der Waals surface area contributed by atoms with E-state index in [1.807, 2.05) is 49.9 Å². The maximum Gasteiger partial charge on any atom is 0.255 e. The third kappa shape index (κ3) is 4.68. The van der Waals surface area contributed by atoms with E-state index in [1.165, 1.54) is 0 Å². The van der Waals surface area contributed by atoms with Gasteiger partial charge in [0.05, 0.1) is 30.8 Å². The quantitative estimate of drug-likeness (QED) is 0.297. The number of hydrogen-bond acceptors (Lipinski definition) is 4. The molecule has 0 saturated carbocycles. The average Bonchev–Trinajstić information content (AvgIpc) is 3.26. The van der Waals surface area contributed by atoms with Gasteiger partial charge in [-0.15, -0.1) is 0 Å². The number of carbonyl (C=O) groups is 1. The molecule has 4 aromatic rings. The van der Waals surface area contributed by atoms with E-state index >= 15 is 0 Å². The van der Waals surface area contributed by atoms with Gasteiger partial charge in [-0.05, 0) is 112 Å². The Bertz CT molecular complexity index is 1420. The Kier molecular flexibility index (Phi) is 6.92. The van der Waals surface area contributed by atoms with Gasteiger partial charge in [-0.25, -0.2) is 4.98 Å². The van der Waals surface area contributed by atoms with E-state index < -0.39 is 0 Å². The number of likely N-dealkylation sites (tertiary alicyclic amines) is 1. The summed E-state index contributed by atoms with van der Waals surface area (Å²) < 4.78 is 13.3. The van der Waals surface area contributed by atoms with Crippen LogP contribution in [-0.4, -0.2) is 40.6 Å². The summed E-state index contributed by atoms with van der Waals surface area (Å²) in [6, 6.07) is 18.2. The van der Waals surface area contributed by atoms with Crippen molar-refractivity contribution in [3.8, 4) is 17.2 Å². The van der Waals surface area contributed by atoms with Gasteiger partial charge in [-0.1, -0.05) is 6.07 Å². The summed E-state index contributed by atoms with van der Waals surface area (Å²) in [5.74, 6) is 2.58. The largest absolute Gasteiger partial charge is 0.497 e. The van der Waals surface area contributed by atoms with Gasteiger partial charge in [0.1, 0.15) is 17.3 Å². The first-order valence-corrected chi connectivity index (χ1v) is 13.1. The van der Waals surface area contributed by atoms with Crippen molar-refractivity contribution in [2.45, 2.75) is 53.0 Å². The summed E-state index contributed by atoms with van der Waals surface area (Å²) in [5.41, 5.74) is 6.80. The van der Waals surface area contributed by atoms with Crippen LogP contribution in [0.4, 0.5) is 0 Å². The van der Waals surface area contributed by atoms with Gasteiger partial charge in [-0.2, -0.15) is 0 Å². The number of benzene rings is 3. The third-order valence-electron chi connectivity index (χ3n) is 7.26. The van der Waals surface area contributed by atoms with Gasteiger partial charge in [0.15, 0.2) is 0 Å². The Labute approximate surface area is 218 Å². The highest BCUT2D eigenvalue weighted by molar-refractivity contribution is 5.97. The minimum atomic E-state index is -0.124. The summed E-state index contributed by atoms with van der Waals surface area (Å²) in [5, 5.41) is 0. The molecule has 6 nitrogen and oxygen atoms in total. The maximum absolute atomic E-state index is 14.1. The molecular weight excluding hydrogens is 462 g/mol. The molecule has 0 spiro atoms. The lowest BCUT2D eigenvalue weighted by Gasteiger charge is -2.36. The van der Waals surface area contributed by atoms with E-state index in [4.69, 9.17) is 14.5 Å². The third-order valence-corrected chi connectivity index (χ3v) is 7.26. The van der Waals surface area contributed by atoms with Crippen LogP contribution < -0.4 is 9.47 Å². The van der Waals surface area contributed by atoms with Gasteiger partial charge in [0, 0.05) is 17.8 Å². The summed E-state index contributed by atoms with van der Waals surface area (Å²) >= 11 is 0. The number of piperidine rings is 1. The second-order valence-corrected chi connectivity index (χ2v) is 9.87. The highest BCUT2D eigenvalue weighted by atomic mass is 16.5. The molecule has 0 aliphatic carbocycles. The molecule has 1 atom stereocenters. The molecule has 2 heterocycles. The minimum Gasteiger partial charge on any atom is -0.497 e. The smallest absolute Gasteiger partial charge is 0.255 e. The Hall–Kier alpha value is -3.80. The first-order valence-electron chi connectivity index (χ1n) is 13.1. The van der Waals surface area contributed by atoms with Gasteiger partial charge < -0.3 is 14.4 Å². The molecule has 1 aliphatic heterocycles. The number of hydrogen-bond donors (Lipinski definition) is 0. The molecule has 1 saturated heterocycles. The zero-order valence-corrected chi connectivity index (χ0v) is 22.4. The summed E-state index contributed by atoms with van der Waals surface area (Å²) in [6.45, 7) is 9.36. The lowest BCUT2D eigenvalue weighted by molar-refractivity contribution is 0.0597. The number of aromatic nitrogens is 2. The molecule has 0 radical (unpaired) electrons. The van der Waals surface area contributed by atoms with Crippen LogP contribution in [0, 0.1) is 20.8 Å². The number of aryl methyl sites for hydroxylation is 3. The van der Waals surface area contributed by atoms with Crippen LogP contribution in [0.3, 0.4) is 0 Å². The molecule has 5 rings (SSSR count). The van der Waals surface area contributed by atoms with Gasteiger partial charge in [0.25, 0.3) is 5.91 Å². The van der Waals surface area contributed by atoms with E-state index in [2.05, 4.69) is 41.8 Å². The van der Waals surface area contributed by atoms with Crippen molar-refractivity contribution in [1.29, 1.82) is 0 Å². The molecule has 1 fully saturated rings. The lowest BCUT2D eigenvalue weighted by Crippen LogP contribution is -2.40. The topological polar surface area (TPSA) is 56.6 Å². The van der Waals surface area contributed by atoms with Gasteiger partial charge >= 0.3 is 0 Å². The Morgan fingerprint density at radius 1 is 0.973 bits per heavy atom. The number of nitrogens with zero attached hydrogens (tertiary/aromatic N) is 3. The zero-order valence-electron chi connectivity index (χ0n) is 22.4. The molecule has 0 bridgehead atoms. The van der Waals surface area contributed by atoms with Crippen molar-refractivity contribution in [3.05, 3.63) is 82.7 Å². The normalized spacial score (nSPS) is 15.7. The van der Waals surface area contributed by atoms with Gasteiger partial charge in [0.2, 0.25) is 0 Å². The van der Waals surface area contributed by atoms with Crippen molar-refractivity contribution in [2.24, 2.45) is 0 Å². The van der Waals surface area contributed by atoms with Crippen molar-refractivity contribution in [2.75, 3.05) is 20.3 Å². The highest BCUT2D eigenvalue weighted by Crippen LogP contribution is 2.37. The Morgan fingerprint density at radius 2 is 1.70 bits per heavy atom. The molecule has 6 heteroatoms. The Balaban J connectivity index is 1.62. The van der Waals surface area contributed by atoms with Crippen LogP contribution in [-0.2, 0) is 0 Å². The fourth-order valence-corrected chi connectivity index (χ4v) is 5.53. The molecule has 0 N–H and O–H groups in total. The van der Waals surface area contributed by atoms with E-state index in [1.54, 1.807) is 7.11 Å². The van der Waals surface area contributed by atoms with Crippen LogP contribution in [0.15, 0.2) is 54.6 Å². The number of methoxy groups -OCH3 is 1. The summed E-state index contributed by atoms with van der Waals surface area (Å²) in [4.78, 5) is 21.3. The van der Waals surface area contributed by atoms with Gasteiger partial charge in [-0.3, -0.25) is 9.36 Å². The lowest BCUT2D eigenvalue weighted by atomic mass is 9.96. The molecule has 1 amide bonds. The fourth-order valence-electron chi connectivity index (χ4n) is 5.53. The summed E-state index contributed by atoms with van der Waals surface area (Å²) in [6.07, 6.45) is 2.92. The molecule has 1 unspecified atom stereocenters. The van der Waals surface area contributed by atoms with Crippen LogP contribution >= 0.6 is 0 Å². The van der Waals surface area contributed by atoms with Crippen LogP contribution in [0.25, 0.3) is 16.7 Å². The standard InChI is InChI=1S/C31H35N3O3/c1-6-37-25-18-21(3)29(22(4)19-25)31(35)33-16-8-7-9-28(33)30-32-26-17-20(2)10-15-27(26)34(30)23-11-13-24(36-5)14-12-23/h10-15,17-19,28H,6-9,16H2,1-5H3. The second-order valence-electron chi connectivity index (χ2n) is 9.87. The van der Waals surface area contributed by atoms with Crippen molar-refractivity contribution in [1.82, 2.24) is 14.5 Å². The van der Waals surface area contributed by atoms with E-state index in [0.29, 0.717) is 13.2 Å². The van der Waals surface area contributed by atoms with Crippen molar-refractivity contribution < 1.29 is 14.3 Å². The average molecular weight is 498 g/mol. The van der Waals surface area contributed by atoms with E-state index in [0.717, 1.165) is 75.6 Å². The number of amides is 1. The Morgan fingerprint density at radius 3 is 2.38 bits per heavy atom. The van der Waals surface area contributed by atoms with Crippen molar-refractivity contribution in [3.63, 3.8) is 0 Å². The molecule has 192 valence electrons.